The summed E-state index contributed by atoms with van der Waals surface area (Å²) in [6.07, 6.45) is 0. The Morgan fingerprint density at radius 3 is 2.79 bits per heavy atom. The second kappa shape index (κ2) is 5.60. The first-order valence-electron chi connectivity index (χ1n) is 5.48. The first-order valence-corrected chi connectivity index (χ1v) is 7.85. The summed E-state index contributed by atoms with van der Waals surface area (Å²) in [6, 6.07) is 8.19. The van der Waals surface area contributed by atoms with Gasteiger partial charge in [0.1, 0.15) is 10.6 Å². The van der Waals surface area contributed by atoms with Crippen LogP contribution in [-0.2, 0) is 16.6 Å². The van der Waals surface area contributed by atoms with E-state index in [1.807, 2.05) is 17.5 Å². The van der Waals surface area contributed by atoms with E-state index < -0.39 is 10.0 Å². The van der Waals surface area contributed by atoms with Gasteiger partial charge in [-0.15, -0.1) is 11.3 Å². The molecule has 2 rings (SSSR count). The lowest BCUT2D eigenvalue weighted by atomic mass is 10.3. The molecule has 1 heterocycles. The molecular weight excluding hydrogens is 284 g/mol. The Kier molecular flexibility index (Phi) is 4.08. The normalized spacial score (nSPS) is 11.4. The third-order valence-electron chi connectivity index (χ3n) is 2.49. The molecule has 0 aliphatic heterocycles. The molecule has 0 radical (unpaired) electrons. The molecule has 0 fully saturated rings. The van der Waals surface area contributed by atoms with Crippen molar-refractivity contribution in [3.63, 3.8) is 0 Å². The van der Waals surface area contributed by atoms with Gasteiger partial charge in [0.2, 0.25) is 10.0 Å². The molecule has 0 saturated heterocycles. The number of nitrogens with one attached hydrogen (secondary N) is 1. The van der Waals surface area contributed by atoms with Crippen LogP contribution in [0.5, 0.6) is 5.75 Å². The van der Waals surface area contributed by atoms with Gasteiger partial charge in [0.05, 0.1) is 7.11 Å². The van der Waals surface area contributed by atoms with E-state index >= 15 is 0 Å². The standard InChI is InChI=1S/C12H14N2O3S2/c1-17-11-7-9(13)4-5-12(11)19(15,16)14-8-10-3-2-6-18-10/h2-7,14H,8,13H2,1H3. The van der Waals surface area contributed by atoms with Crippen molar-refractivity contribution in [3.8, 4) is 5.75 Å². The van der Waals surface area contributed by atoms with Crippen molar-refractivity contribution in [2.45, 2.75) is 11.4 Å². The van der Waals surface area contributed by atoms with E-state index in [0.29, 0.717) is 5.69 Å². The Balaban J connectivity index is 2.24. The summed E-state index contributed by atoms with van der Waals surface area (Å²) >= 11 is 1.49. The number of anilines is 1. The molecule has 1 aromatic carbocycles. The molecule has 19 heavy (non-hydrogen) atoms. The number of hydrogen-bond acceptors (Lipinski definition) is 5. The van der Waals surface area contributed by atoms with Gasteiger partial charge in [0.25, 0.3) is 0 Å². The van der Waals surface area contributed by atoms with Gasteiger partial charge in [-0.05, 0) is 23.6 Å². The number of methoxy groups -OCH3 is 1. The van der Waals surface area contributed by atoms with E-state index in [9.17, 15) is 8.42 Å². The largest absolute Gasteiger partial charge is 0.495 e. The minimum atomic E-state index is -3.62. The molecule has 3 N–H and O–H groups in total. The van der Waals surface area contributed by atoms with Gasteiger partial charge in [-0.3, -0.25) is 0 Å². The lowest BCUT2D eigenvalue weighted by molar-refractivity contribution is 0.402. The van der Waals surface area contributed by atoms with Crippen LogP contribution in [0.4, 0.5) is 5.69 Å². The van der Waals surface area contributed by atoms with Crippen molar-refractivity contribution in [2.24, 2.45) is 0 Å². The summed E-state index contributed by atoms with van der Waals surface area (Å²) in [7, 11) is -2.21. The van der Waals surface area contributed by atoms with Crippen molar-refractivity contribution in [3.05, 3.63) is 40.6 Å². The van der Waals surface area contributed by atoms with Gasteiger partial charge in [-0.2, -0.15) is 0 Å². The molecule has 0 atom stereocenters. The molecule has 0 saturated carbocycles. The summed E-state index contributed by atoms with van der Waals surface area (Å²) < 4.78 is 32.0. The molecule has 0 unspecified atom stereocenters. The maximum absolute atomic E-state index is 12.2. The highest BCUT2D eigenvalue weighted by molar-refractivity contribution is 7.89. The highest BCUT2D eigenvalue weighted by atomic mass is 32.2. The van der Waals surface area contributed by atoms with Gasteiger partial charge in [-0.25, -0.2) is 13.1 Å². The molecule has 2 aromatic rings. The van der Waals surface area contributed by atoms with Crippen LogP contribution in [0.25, 0.3) is 0 Å². The predicted molar refractivity (Wildman–Crippen MR) is 75.8 cm³/mol. The highest BCUT2D eigenvalue weighted by Crippen LogP contribution is 2.26. The molecule has 5 nitrogen and oxygen atoms in total. The second-order valence-corrected chi connectivity index (χ2v) is 6.58. The van der Waals surface area contributed by atoms with Crippen LogP contribution in [0.3, 0.4) is 0 Å². The molecule has 102 valence electrons. The van der Waals surface area contributed by atoms with E-state index in [4.69, 9.17) is 10.5 Å². The zero-order valence-electron chi connectivity index (χ0n) is 10.3. The van der Waals surface area contributed by atoms with Crippen molar-refractivity contribution in [2.75, 3.05) is 12.8 Å². The van der Waals surface area contributed by atoms with Crippen molar-refractivity contribution < 1.29 is 13.2 Å². The van der Waals surface area contributed by atoms with Crippen LogP contribution in [0.15, 0.2) is 40.6 Å². The fourth-order valence-electron chi connectivity index (χ4n) is 1.56. The van der Waals surface area contributed by atoms with Gasteiger partial charge in [0, 0.05) is 23.2 Å². The third-order valence-corrected chi connectivity index (χ3v) is 4.81. The van der Waals surface area contributed by atoms with Crippen LogP contribution >= 0.6 is 11.3 Å². The van der Waals surface area contributed by atoms with Gasteiger partial charge in [-0.1, -0.05) is 6.07 Å². The first kappa shape index (κ1) is 13.9. The van der Waals surface area contributed by atoms with Crippen LogP contribution in [0, 0.1) is 0 Å². The Morgan fingerprint density at radius 1 is 1.37 bits per heavy atom. The fraction of sp³-hybridized carbons (Fsp3) is 0.167. The van der Waals surface area contributed by atoms with E-state index in [1.165, 1.54) is 36.6 Å². The zero-order valence-corrected chi connectivity index (χ0v) is 11.9. The average Bonchev–Trinajstić information content (AvgIpc) is 2.89. The maximum Gasteiger partial charge on any atom is 0.244 e. The van der Waals surface area contributed by atoms with Crippen molar-refractivity contribution in [1.82, 2.24) is 4.72 Å². The zero-order chi connectivity index (χ0) is 13.9. The smallest absolute Gasteiger partial charge is 0.244 e. The Bertz CT molecular complexity index is 652. The van der Waals surface area contributed by atoms with Crippen molar-refractivity contribution in [1.29, 1.82) is 0 Å². The number of rotatable bonds is 5. The summed E-state index contributed by atoms with van der Waals surface area (Å²) in [5.41, 5.74) is 6.06. The van der Waals surface area contributed by atoms with Crippen molar-refractivity contribution >= 4 is 27.0 Å². The number of hydrogen-bond donors (Lipinski definition) is 2. The molecular formula is C12H14N2O3S2. The molecule has 0 aliphatic rings. The topological polar surface area (TPSA) is 81.4 Å². The molecule has 0 spiro atoms. The number of ether oxygens (including phenoxy) is 1. The Hall–Kier alpha value is -1.57. The van der Waals surface area contributed by atoms with Crippen LogP contribution in [0.1, 0.15) is 4.88 Å². The van der Waals surface area contributed by atoms with E-state index in [2.05, 4.69) is 4.72 Å². The SMILES string of the molecule is COc1cc(N)ccc1S(=O)(=O)NCc1cccs1. The van der Waals surface area contributed by atoms with E-state index in [-0.39, 0.29) is 17.2 Å². The Labute approximate surface area is 116 Å². The lowest BCUT2D eigenvalue weighted by Crippen LogP contribution is -2.23. The quantitative estimate of drug-likeness (QED) is 0.825. The molecule has 0 bridgehead atoms. The second-order valence-electron chi connectivity index (χ2n) is 3.81. The molecule has 1 aromatic heterocycles. The summed E-state index contributed by atoms with van der Waals surface area (Å²) in [6.45, 7) is 0.257. The summed E-state index contributed by atoms with van der Waals surface area (Å²) in [5.74, 6) is 0.235. The minimum absolute atomic E-state index is 0.0840. The fourth-order valence-corrected chi connectivity index (χ4v) is 3.45. The number of nitrogens with two attached hydrogens (primary N) is 1. The lowest BCUT2D eigenvalue weighted by Gasteiger charge is -2.10. The minimum Gasteiger partial charge on any atom is -0.495 e. The molecule has 7 heteroatoms. The third kappa shape index (κ3) is 3.25. The summed E-state index contributed by atoms with van der Waals surface area (Å²) in [5, 5.41) is 1.90. The monoisotopic (exact) mass is 298 g/mol. The Morgan fingerprint density at radius 2 is 2.16 bits per heavy atom. The maximum atomic E-state index is 12.2. The van der Waals surface area contributed by atoms with Gasteiger partial charge < -0.3 is 10.5 Å². The van der Waals surface area contributed by atoms with Crippen LogP contribution in [-0.4, -0.2) is 15.5 Å². The molecule has 0 amide bonds. The number of sulfonamides is 1. The number of nitrogen functional groups attached to an aromatic ring is 1. The molecule has 0 aliphatic carbocycles. The number of benzene rings is 1. The number of thiophene rings is 1. The van der Waals surface area contributed by atoms with Gasteiger partial charge in [0.15, 0.2) is 0 Å². The summed E-state index contributed by atoms with van der Waals surface area (Å²) in [4.78, 5) is 1.03. The first-order chi connectivity index (χ1) is 9.03. The predicted octanol–water partition coefficient (Wildman–Crippen LogP) is 1.82. The average molecular weight is 298 g/mol. The van der Waals surface area contributed by atoms with Crippen LogP contribution < -0.4 is 15.2 Å². The highest BCUT2D eigenvalue weighted by Gasteiger charge is 2.19. The van der Waals surface area contributed by atoms with Crippen LogP contribution in [0.2, 0.25) is 0 Å². The van der Waals surface area contributed by atoms with E-state index in [0.717, 1.165) is 4.88 Å². The van der Waals surface area contributed by atoms with E-state index in [1.54, 1.807) is 0 Å². The van der Waals surface area contributed by atoms with Gasteiger partial charge >= 0.3 is 0 Å².